The third kappa shape index (κ3) is 4.90. The van der Waals surface area contributed by atoms with E-state index in [-0.39, 0.29) is 24.8 Å². The standard InChI is InChI=1S/C18H29FNO7P/c1-5-13(21)28(24,25)27-18(4,6-2)8-12-15(22)14(19)16(26-12)11-7-10(3)17(23)20-9-11/h7,9,12-16,21-22H,5-6,8H2,1-4H3,(H,20,23)(H,24,25)/t12-,13?,14+,15?,16+,18?/m1/s1. The van der Waals surface area contributed by atoms with Gasteiger partial charge in [-0.05, 0) is 32.8 Å². The first-order valence-corrected chi connectivity index (χ1v) is 11.0. The largest absolute Gasteiger partial charge is 0.387 e. The highest BCUT2D eigenvalue weighted by Gasteiger charge is 2.49. The van der Waals surface area contributed by atoms with Crippen molar-refractivity contribution in [3.8, 4) is 0 Å². The molecule has 1 aliphatic heterocycles. The van der Waals surface area contributed by atoms with Crippen LogP contribution < -0.4 is 5.56 Å². The quantitative estimate of drug-likeness (QED) is 0.474. The summed E-state index contributed by atoms with van der Waals surface area (Å²) in [6, 6.07) is 1.50. The summed E-state index contributed by atoms with van der Waals surface area (Å²) in [6.45, 7) is 6.40. The van der Waals surface area contributed by atoms with E-state index in [2.05, 4.69) is 4.98 Å². The van der Waals surface area contributed by atoms with Crippen LogP contribution in [0.2, 0.25) is 0 Å². The maximum atomic E-state index is 14.7. The molecular formula is C18H29FNO7P. The van der Waals surface area contributed by atoms with E-state index in [1.807, 2.05) is 0 Å². The first-order valence-electron chi connectivity index (χ1n) is 9.32. The molecule has 0 spiro atoms. The Kier molecular flexibility index (Phi) is 7.23. The molecule has 10 heteroatoms. The van der Waals surface area contributed by atoms with Gasteiger partial charge in [0.2, 0.25) is 0 Å². The van der Waals surface area contributed by atoms with E-state index in [0.29, 0.717) is 11.1 Å². The molecule has 8 nitrogen and oxygen atoms in total. The van der Waals surface area contributed by atoms with Crippen molar-refractivity contribution in [2.24, 2.45) is 0 Å². The molecule has 0 bridgehead atoms. The summed E-state index contributed by atoms with van der Waals surface area (Å²) < 4.78 is 38.0. The maximum absolute atomic E-state index is 14.7. The second-order valence-corrected chi connectivity index (χ2v) is 9.43. The first-order chi connectivity index (χ1) is 12.9. The summed E-state index contributed by atoms with van der Waals surface area (Å²) in [4.78, 5) is 24.0. The summed E-state index contributed by atoms with van der Waals surface area (Å²) in [5.74, 6) is -1.53. The molecule has 0 aromatic carbocycles. The Hall–Kier alpha value is -1.09. The molecule has 4 N–H and O–H groups in total. The number of H-pyrrole nitrogens is 1. The zero-order valence-corrected chi connectivity index (χ0v) is 17.4. The van der Waals surface area contributed by atoms with Gasteiger partial charge in [0.05, 0.1) is 11.7 Å². The molecule has 28 heavy (non-hydrogen) atoms. The monoisotopic (exact) mass is 421 g/mol. The van der Waals surface area contributed by atoms with Crippen LogP contribution in [0.3, 0.4) is 0 Å². The number of hydrogen-bond donors (Lipinski definition) is 4. The molecule has 4 unspecified atom stereocenters. The highest BCUT2D eigenvalue weighted by atomic mass is 31.2. The number of aromatic nitrogens is 1. The van der Waals surface area contributed by atoms with Crippen LogP contribution in [0.15, 0.2) is 17.1 Å². The van der Waals surface area contributed by atoms with Crippen LogP contribution in [-0.4, -0.2) is 49.9 Å². The minimum Gasteiger partial charge on any atom is -0.387 e. The number of aliphatic hydroxyl groups is 2. The molecule has 2 rings (SSSR count). The summed E-state index contributed by atoms with van der Waals surface area (Å²) in [6.07, 6.45) is -3.67. The number of alkyl halides is 1. The molecule has 2 heterocycles. The number of pyridine rings is 1. The Morgan fingerprint density at radius 3 is 2.64 bits per heavy atom. The minimum absolute atomic E-state index is 0.0380. The topological polar surface area (TPSA) is 129 Å². The lowest BCUT2D eigenvalue weighted by Gasteiger charge is -2.34. The van der Waals surface area contributed by atoms with Crippen LogP contribution in [0, 0.1) is 6.92 Å². The molecule has 1 aromatic heterocycles. The Morgan fingerprint density at radius 2 is 2.11 bits per heavy atom. The van der Waals surface area contributed by atoms with Crippen molar-refractivity contribution in [3.63, 3.8) is 0 Å². The lowest BCUT2D eigenvalue weighted by atomic mass is 9.92. The predicted octanol–water partition coefficient (Wildman–Crippen LogP) is 2.31. The molecule has 1 aliphatic rings. The lowest BCUT2D eigenvalue weighted by Crippen LogP contribution is -2.38. The fraction of sp³-hybridized carbons (Fsp3) is 0.722. The van der Waals surface area contributed by atoms with E-state index in [0.717, 1.165) is 0 Å². The average Bonchev–Trinajstić information content (AvgIpc) is 2.91. The highest BCUT2D eigenvalue weighted by Crippen LogP contribution is 2.53. The van der Waals surface area contributed by atoms with Gasteiger partial charge in [-0.3, -0.25) is 9.36 Å². The van der Waals surface area contributed by atoms with Gasteiger partial charge in [-0.15, -0.1) is 0 Å². The number of aliphatic hydroxyl groups excluding tert-OH is 2. The molecule has 160 valence electrons. The van der Waals surface area contributed by atoms with Gasteiger partial charge in [0.15, 0.2) is 12.0 Å². The van der Waals surface area contributed by atoms with E-state index in [4.69, 9.17) is 9.26 Å². The van der Waals surface area contributed by atoms with Gasteiger partial charge in [-0.2, -0.15) is 0 Å². The minimum atomic E-state index is -4.31. The number of aromatic amines is 1. The Bertz CT molecular complexity index is 787. The van der Waals surface area contributed by atoms with Gasteiger partial charge in [0, 0.05) is 23.7 Å². The van der Waals surface area contributed by atoms with Gasteiger partial charge in [0.25, 0.3) is 5.56 Å². The third-order valence-corrected chi connectivity index (χ3v) is 7.05. The summed E-state index contributed by atoms with van der Waals surface area (Å²) in [7, 11) is -4.31. The second-order valence-electron chi connectivity index (χ2n) is 7.53. The Balaban J connectivity index is 2.19. The first kappa shape index (κ1) is 23.2. The molecule has 1 saturated heterocycles. The second kappa shape index (κ2) is 8.73. The Labute approximate surface area is 163 Å². The highest BCUT2D eigenvalue weighted by molar-refractivity contribution is 7.53. The van der Waals surface area contributed by atoms with Crippen molar-refractivity contribution in [2.45, 2.75) is 82.9 Å². The molecule has 0 radical (unpaired) electrons. The van der Waals surface area contributed by atoms with Gasteiger partial charge < -0.3 is 29.4 Å². The van der Waals surface area contributed by atoms with Gasteiger partial charge in [0.1, 0.15) is 12.2 Å². The van der Waals surface area contributed by atoms with Crippen LogP contribution in [-0.2, 0) is 13.8 Å². The molecule has 0 amide bonds. The van der Waals surface area contributed by atoms with Crippen molar-refractivity contribution in [1.82, 2.24) is 4.98 Å². The molecule has 1 aromatic rings. The van der Waals surface area contributed by atoms with Crippen molar-refractivity contribution >= 4 is 7.60 Å². The SMILES string of the molecule is CCC(O)P(=O)(O)OC(C)(CC)C[C@H]1O[C@@H](c2c[nH]c(=O)c(C)c2)[C@@H](F)C1O. The van der Waals surface area contributed by atoms with Crippen LogP contribution in [0.25, 0.3) is 0 Å². The van der Waals surface area contributed by atoms with Crippen molar-refractivity contribution in [1.29, 1.82) is 0 Å². The average molecular weight is 421 g/mol. The number of rotatable bonds is 8. The third-order valence-electron chi connectivity index (χ3n) is 5.23. The Morgan fingerprint density at radius 1 is 1.46 bits per heavy atom. The van der Waals surface area contributed by atoms with Crippen molar-refractivity contribution < 1.29 is 33.3 Å². The summed E-state index contributed by atoms with van der Waals surface area (Å²) in [5, 5.41) is 20.0. The number of ether oxygens (including phenoxy) is 1. The van der Waals surface area contributed by atoms with Crippen LogP contribution in [0.4, 0.5) is 4.39 Å². The lowest BCUT2D eigenvalue weighted by molar-refractivity contribution is -0.0494. The van der Waals surface area contributed by atoms with E-state index in [1.54, 1.807) is 27.7 Å². The maximum Gasteiger partial charge on any atom is 0.356 e. The number of aryl methyl sites for hydroxylation is 1. The van der Waals surface area contributed by atoms with Gasteiger partial charge >= 0.3 is 7.60 Å². The van der Waals surface area contributed by atoms with E-state index in [9.17, 15) is 28.9 Å². The predicted molar refractivity (Wildman–Crippen MR) is 101 cm³/mol. The zero-order valence-electron chi connectivity index (χ0n) is 16.5. The molecule has 1 fully saturated rings. The van der Waals surface area contributed by atoms with Crippen LogP contribution in [0.5, 0.6) is 0 Å². The van der Waals surface area contributed by atoms with E-state index < -0.39 is 43.5 Å². The van der Waals surface area contributed by atoms with Crippen LogP contribution >= 0.6 is 7.60 Å². The fourth-order valence-electron chi connectivity index (χ4n) is 3.22. The van der Waals surface area contributed by atoms with E-state index in [1.165, 1.54) is 12.3 Å². The molecule has 7 atom stereocenters. The summed E-state index contributed by atoms with van der Waals surface area (Å²) >= 11 is 0. The number of nitrogens with one attached hydrogen (secondary N) is 1. The van der Waals surface area contributed by atoms with Gasteiger partial charge in [-0.1, -0.05) is 13.8 Å². The number of halogens is 1. The van der Waals surface area contributed by atoms with Crippen molar-refractivity contribution in [2.75, 3.05) is 0 Å². The normalized spacial score (nSPS) is 30.6. The number of hydrogen-bond acceptors (Lipinski definition) is 6. The molecular weight excluding hydrogens is 392 g/mol. The van der Waals surface area contributed by atoms with Crippen molar-refractivity contribution in [3.05, 3.63) is 33.7 Å². The summed E-state index contributed by atoms with van der Waals surface area (Å²) in [5.41, 5.74) is -0.738. The van der Waals surface area contributed by atoms with E-state index >= 15 is 0 Å². The molecule has 0 saturated carbocycles. The van der Waals surface area contributed by atoms with Gasteiger partial charge in [-0.25, -0.2) is 4.39 Å². The smallest absolute Gasteiger partial charge is 0.356 e. The zero-order chi connectivity index (χ0) is 21.3. The molecule has 0 aliphatic carbocycles. The van der Waals surface area contributed by atoms with Crippen LogP contribution in [0.1, 0.15) is 57.3 Å². The fourth-order valence-corrected chi connectivity index (χ4v) is 4.64.